The van der Waals surface area contributed by atoms with Gasteiger partial charge < -0.3 is 9.47 Å². The molecule has 1 aromatic rings. The average molecular weight is 202 g/mol. The van der Waals surface area contributed by atoms with Crippen molar-refractivity contribution >= 4 is 0 Å². The molecular formula is C13H14O2. The van der Waals surface area contributed by atoms with Gasteiger partial charge in [-0.25, -0.2) is 0 Å². The van der Waals surface area contributed by atoms with E-state index in [4.69, 9.17) is 15.9 Å². The van der Waals surface area contributed by atoms with E-state index < -0.39 is 0 Å². The van der Waals surface area contributed by atoms with Crippen LogP contribution in [0.1, 0.15) is 19.4 Å². The Hall–Kier alpha value is -1.62. The Morgan fingerprint density at radius 1 is 1.20 bits per heavy atom. The molecule has 0 radical (unpaired) electrons. The van der Waals surface area contributed by atoms with E-state index in [1.807, 2.05) is 18.2 Å². The molecule has 0 saturated carbocycles. The second-order valence-corrected chi connectivity index (χ2v) is 4.55. The van der Waals surface area contributed by atoms with Crippen LogP contribution >= 0.6 is 0 Å². The van der Waals surface area contributed by atoms with E-state index in [0.717, 1.165) is 17.1 Å². The SMILES string of the molecule is C#Cc1ccc2c(c1)OCC(C)(C)CO2. The van der Waals surface area contributed by atoms with Crippen LogP contribution in [0.2, 0.25) is 0 Å². The maximum Gasteiger partial charge on any atom is 0.162 e. The third-order valence-corrected chi connectivity index (χ3v) is 2.35. The summed E-state index contributed by atoms with van der Waals surface area (Å²) in [5.74, 6) is 4.11. The van der Waals surface area contributed by atoms with E-state index in [0.29, 0.717) is 13.2 Å². The first-order valence-electron chi connectivity index (χ1n) is 4.97. The maximum atomic E-state index is 5.69. The number of benzene rings is 1. The fourth-order valence-electron chi connectivity index (χ4n) is 1.42. The second-order valence-electron chi connectivity index (χ2n) is 4.55. The third-order valence-electron chi connectivity index (χ3n) is 2.35. The summed E-state index contributed by atoms with van der Waals surface area (Å²) in [7, 11) is 0. The maximum absolute atomic E-state index is 5.69. The third kappa shape index (κ3) is 2.07. The monoisotopic (exact) mass is 202 g/mol. The fourth-order valence-corrected chi connectivity index (χ4v) is 1.42. The predicted molar refractivity (Wildman–Crippen MR) is 59.1 cm³/mol. The van der Waals surface area contributed by atoms with Crippen LogP contribution in [0.5, 0.6) is 11.5 Å². The van der Waals surface area contributed by atoms with Crippen LogP contribution in [-0.2, 0) is 0 Å². The first kappa shape index (κ1) is 9.92. The Morgan fingerprint density at radius 3 is 2.53 bits per heavy atom. The van der Waals surface area contributed by atoms with E-state index in [1.54, 1.807) is 0 Å². The van der Waals surface area contributed by atoms with Crippen molar-refractivity contribution in [1.82, 2.24) is 0 Å². The topological polar surface area (TPSA) is 18.5 Å². The molecular weight excluding hydrogens is 188 g/mol. The molecule has 0 saturated heterocycles. The van der Waals surface area contributed by atoms with Crippen LogP contribution in [0.25, 0.3) is 0 Å². The van der Waals surface area contributed by atoms with E-state index in [9.17, 15) is 0 Å². The van der Waals surface area contributed by atoms with Crippen LogP contribution in [0.3, 0.4) is 0 Å². The highest BCUT2D eigenvalue weighted by Crippen LogP contribution is 2.34. The van der Waals surface area contributed by atoms with Crippen molar-refractivity contribution in [3.8, 4) is 23.8 Å². The summed E-state index contributed by atoms with van der Waals surface area (Å²) in [5.41, 5.74) is 0.854. The molecule has 2 nitrogen and oxygen atoms in total. The summed E-state index contributed by atoms with van der Waals surface area (Å²) in [6.07, 6.45) is 5.33. The summed E-state index contributed by atoms with van der Waals surface area (Å²) in [6.45, 7) is 5.53. The van der Waals surface area contributed by atoms with Gasteiger partial charge in [-0.3, -0.25) is 0 Å². The normalized spacial score (nSPS) is 17.7. The first-order valence-corrected chi connectivity index (χ1v) is 4.97. The smallest absolute Gasteiger partial charge is 0.162 e. The number of terminal acetylenes is 1. The molecule has 0 spiro atoms. The molecule has 2 rings (SSSR count). The van der Waals surface area contributed by atoms with Crippen molar-refractivity contribution < 1.29 is 9.47 Å². The quantitative estimate of drug-likeness (QED) is 0.602. The van der Waals surface area contributed by atoms with E-state index in [-0.39, 0.29) is 5.41 Å². The lowest BCUT2D eigenvalue weighted by Gasteiger charge is -2.19. The molecule has 1 aromatic carbocycles. The largest absolute Gasteiger partial charge is 0.489 e. The molecule has 0 aliphatic carbocycles. The van der Waals surface area contributed by atoms with E-state index in [1.165, 1.54) is 0 Å². The van der Waals surface area contributed by atoms with E-state index >= 15 is 0 Å². The summed E-state index contributed by atoms with van der Waals surface area (Å²) in [5, 5.41) is 0. The minimum atomic E-state index is 0.0370. The zero-order valence-electron chi connectivity index (χ0n) is 9.04. The Balaban J connectivity index is 2.32. The van der Waals surface area contributed by atoms with Gasteiger partial charge in [-0.1, -0.05) is 19.8 Å². The molecule has 0 bridgehead atoms. The van der Waals surface area contributed by atoms with Crippen molar-refractivity contribution in [2.75, 3.05) is 13.2 Å². The number of hydrogen-bond acceptors (Lipinski definition) is 2. The number of fused-ring (bicyclic) bond motifs is 1. The van der Waals surface area contributed by atoms with Crippen molar-refractivity contribution in [3.63, 3.8) is 0 Å². The van der Waals surface area contributed by atoms with Crippen LogP contribution in [-0.4, -0.2) is 13.2 Å². The number of rotatable bonds is 0. The van der Waals surface area contributed by atoms with Gasteiger partial charge in [-0.05, 0) is 18.2 Å². The van der Waals surface area contributed by atoms with Crippen LogP contribution in [0, 0.1) is 17.8 Å². The van der Waals surface area contributed by atoms with Gasteiger partial charge >= 0.3 is 0 Å². The van der Waals surface area contributed by atoms with Crippen LogP contribution in [0.15, 0.2) is 18.2 Å². The lowest BCUT2D eigenvalue weighted by Crippen LogP contribution is -2.26. The van der Waals surface area contributed by atoms with E-state index in [2.05, 4.69) is 19.8 Å². The van der Waals surface area contributed by atoms with Gasteiger partial charge in [-0.2, -0.15) is 0 Å². The highest BCUT2D eigenvalue weighted by atomic mass is 16.5. The molecule has 0 atom stereocenters. The van der Waals surface area contributed by atoms with Crippen LogP contribution in [0.4, 0.5) is 0 Å². The van der Waals surface area contributed by atoms with Gasteiger partial charge in [0.1, 0.15) is 0 Å². The number of ether oxygens (including phenoxy) is 2. The zero-order valence-corrected chi connectivity index (χ0v) is 9.04. The lowest BCUT2D eigenvalue weighted by molar-refractivity contribution is 0.140. The Kier molecular flexibility index (Phi) is 2.32. The number of hydrogen-bond donors (Lipinski definition) is 0. The molecule has 1 heterocycles. The van der Waals surface area contributed by atoms with Crippen LogP contribution < -0.4 is 9.47 Å². The molecule has 0 unspecified atom stereocenters. The van der Waals surface area contributed by atoms with Gasteiger partial charge in [0, 0.05) is 11.0 Å². The molecule has 0 fully saturated rings. The Bertz CT molecular complexity index is 413. The molecule has 2 heteroatoms. The molecule has 15 heavy (non-hydrogen) atoms. The van der Waals surface area contributed by atoms with Crippen molar-refractivity contribution in [1.29, 1.82) is 0 Å². The summed E-state index contributed by atoms with van der Waals surface area (Å²) >= 11 is 0. The van der Waals surface area contributed by atoms with Gasteiger partial charge in [0.25, 0.3) is 0 Å². The molecule has 78 valence electrons. The summed E-state index contributed by atoms with van der Waals surface area (Å²) in [4.78, 5) is 0. The average Bonchev–Trinajstić information content (AvgIpc) is 2.38. The predicted octanol–water partition coefficient (Wildman–Crippen LogP) is 2.47. The van der Waals surface area contributed by atoms with Gasteiger partial charge in [-0.15, -0.1) is 6.42 Å². The van der Waals surface area contributed by atoms with Gasteiger partial charge in [0.2, 0.25) is 0 Å². The fraction of sp³-hybridized carbons (Fsp3) is 0.385. The molecule has 0 aromatic heterocycles. The molecule has 1 aliphatic heterocycles. The Morgan fingerprint density at radius 2 is 1.87 bits per heavy atom. The van der Waals surface area contributed by atoms with Crippen molar-refractivity contribution in [2.24, 2.45) is 5.41 Å². The van der Waals surface area contributed by atoms with Gasteiger partial charge in [0.15, 0.2) is 11.5 Å². The first-order chi connectivity index (χ1) is 7.11. The lowest BCUT2D eigenvalue weighted by atomic mass is 9.97. The minimum absolute atomic E-state index is 0.0370. The summed E-state index contributed by atoms with van der Waals surface area (Å²) < 4.78 is 11.4. The minimum Gasteiger partial charge on any atom is -0.489 e. The Labute approximate surface area is 90.2 Å². The van der Waals surface area contributed by atoms with Crippen molar-refractivity contribution in [3.05, 3.63) is 23.8 Å². The standard InChI is InChI=1S/C13H14O2/c1-4-10-5-6-11-12(7-10)15-9-13(2,3)8-14-11/h1,5-7H,8-9H2,2-3H3. The van der Waals surface area contributed by atoms with Gasteiger partial charge in [0.05, 0.1) is 13.2 Å². The van der Waals surface area contributed by atoms with Crippen molar-refractivity contribution in [2.45, 2.75) is 13.8 Å². The summed E-state index contributed by atoms with van der Waals surface area (Å²) in [6, 6.07) is 5.57. The zero-order chi connectivity index (χ0) is 10.9. The highest BCUT2D eigenvalue weighted by molar-refractivity contribution is 5.48. The molecule has 0 N–H and O–H groups in total. The molecule has 1 aliphatic rings. The second kappa shape index (κ2) is 3.51. The molecule has 0 amide bonds. The highest BCUT2D eigenvalue weighted by Gasteiger charge is 2.25.